The van der Waals surface area contributed by atoms with E-state index >= 15 is 0 Å². The van der Waals surface area contributed by atoms with Gasteiger partial charge in [0.2, 0.25) is 0 Å². The van der Waals surface area contributed by atoms with E-state index in [0.717, 1.165) is 0 Å². The number of anilines is 1. The minimum absolute atomic E-state index is 0.0382. The van der Waals surface area contributed by atoms with Gasteiger partial charge in [0.1, 0.15) is 14.8 Å². The number of thiophene rings is 1. The van der Waals surface area contributed by atoms with Crippen molar-refractivity contribution in [2.24, 2.45) is 0 Å². The molecule has 0 aliphatic rings. The smallest absolute Gasteiger partial charge is 0.345 e. The number of methoxy groups -OCH3 is 1. The summed E-state index contributed by atoms with van der Waals surface area (Å²) in [6.45, 7) is 0. The summed E-state index contributed by atoms with van der Waals surface area (Å²) in [7, 11) is -2.36. The molecule has 0 saturated carbocycles. The number of sulfonamides is 1. The first-order valence-corrected chi connectivity index (χ1v) is 8.62. The van der Waals surface area contributed by atoms with Crippen LogP contribution < -0.4 is 9.46 Å². The van der Waals surface area contributed by atoms with Gasteiger partial charge in [-0.05, 0) is 40.2 Å². The Bertz CT molecular complexity index is 785. The molecule has 6 nitrogen and oxygen atoms in total. The van der Waals surface area contributed by atoms with Gasteiger partial charge in [-0.1, -0.05) is 0 Å². The lowest BCUT2D eigenvalue weighted by Gasteiger charge is -2.09. The van der Waals surface area contributed by atoms with Crippen molar-refractivity contribution in [1.29, 1.82) is 0 Å². The molecule has 112 valence electrons. The number of hydrogen-bond acceptors (Lipinski definition) is 5. The van der Waals surface area contributed by atoms with Crippen molar-refractivity contribution in [3.63, 3.8) is 0 Å². The van der Waals surface area contributed by atoms with E-state index in [1.54, 1.807) is 12.1 Å². The lowest BCUT2D eigenvalue weighted by molar-refractivity contribution is 0.0702. The van der Waals surface area contributed by atoms with Crippen LogP contribution in [0.3, 0.4) is 0 Å². The van der Waals surface area contributed by atoms with Crippen LogP contribution in [0.4, 0.5) is 5.69 Å². The number of carboxylic acids is 1. The van der Waals surface area contributed by atoms with Gasteiger partial charge in [-0.15, -0.1) is 11.3 Å². The highest BCUT2D eigenvalue weighted by Crippen LogP contribution is 2.30. The van der Waals surface area contributed by atoms with Gasteiger partial charge in [0.05, 0.1) is 17.3 Å². The average molecular weight is 392 g/mol. The maximum atomic E-state index is 12.2. The number of nitrogens with one attached hydrogen (secondary N) is 1. The summed E-state index contributed by atoms with van der Waals surface area (Å²) in [4.78, 5) is 10.8. The number of aromatic carboxylic acids is 1. The molecule has 9 heteroatoms. The SMILES string of the molecule is COc1cc(NS(=O)(=O)c2ccc(C(=O)O)s2)ccc1Br. The molecule has 0 aliphatic heterocycles. The molecule has 2 rings (SSSR count). The number of halogens is 1. The first-order valence-electron chi connectivity index (χ1n) is 5.53. The molecule has 2 N–H and O–H groups in total. The van der Waals surface area contributed by atoms with Gasteiger partial charge >= 0.3 is 5.97 Å². The van der Waals surface area contributed by atoms with E-state index in [-0.39, 0.29) is 9.09 Å². The molecular weight excluding hydrogens is 382 g/mol. The second-order valence-electron chi connectivity index (χ2n) is 3.88. The Labute approximate surface area is 133 Å². The van der Waals surface area contributed by atoms with Crippen molar-refractivity contribution in [3.05, 3.63) is 39.7 Å². The molecule has 0 atom stereocenters. The third kappa shape index (κ3) is 3.55. The predicted octanol–water partition coefficient (Wildman–Crippen LogP) is 3.02. The van der Waals surface area contributed by atoms with Crippen LogP contribution in [0.1, 0.15) is 9.67 Å². The Morgan fingerprint density at radius 2 is 2.05 bits per heavy atom. The lowest BCUT2D eigenvalue weighted by atomic mass is 10.3. The molecule has 0 amide bonds. The fourth-order valence-corrected chi connectivity index (χ4v) is 4.11. The van der Waals surface area contributed by atoms with Gasteiger partial charge in [-0.3, -0.25) is 4.72 Å². The van der Waals surface area contributed by atoms with Crippen LogP contribution in [0, 0.1) is 0 Å². The Balaban J connectivity index is 2.30. The number of hydrogen-bond donors (Lipinski definition) is 2. The fourth-order valence-electron chi connectivity index (χ4n) is 1.51. The summed E-state index contributed by atoms with van der Waals surface area (Å²) in [5.41, 5.74) is 0.320. The summed E-state index contributed by atoms with van der Waals surface area (Å²) >= 11 is 3.96. The summed E-state index contributed by atoms with van der Waals surface area (Å²) in [6, 6.07) is 7.24. The van der Waals surface area contributed by atoms with Gasteiger partial charge in [0.25, 0.3) is 10.0 Å². The predicted molar refractivity (Wildman–Crippen MR) is 82.8 cm³/mol. The molecule has 2 aromatic rings. The van der Waals surface area contributed by atoms with E-state index < -0.39 is 16.0 Å². The molecule has 0 aliphatic carbocycles. The highest BCUT2D eigenvalue weighted by Gasteiger charge is 2.19. The van der Waals surface area contributed by atoms with E-state index in [9.17, 15) is 13.2 Å². The van der Waals surface area contributed by atoms with Crippen molar-refractivity contribution in [1.82, 2.24) is 0 Å². The number of carbonyl (C=O) groups is 1. The first-order chi connectivity index (χ1) is 9.83. The Morgan fingerprint density at radius 1 is 1.33 bits per heavy atom. The standard InChI is InChI=1S/C12H10BrNO5S2/c1-19-9-6-7(2-3-8(9)13)14-21(17,18)11-5-4-10(20-11)12(15)16/h2-6,14H,1H3,(H,15,16). The van der Waals surface area contributed by atoms with Gasteiger partial charge in [-0.2, -0.15) is 0 Å². The van der Waals surface area contributed by atoms with Crippen LogP contribution in [0.15, 0.2) is 39.0 Å². The minimum Gasteiger partial charge on any atom is -0.495 e. The maximum absolute atomic E-state index is 12.2. The molecule has 0 fully saturated rings. The van der Waals surface area contributed by atoms with E-state index in [4.69, 9.17) is 9.84 Å². The number of ether oxygens (including phenoxy) is 1. The van der Waals surface area contributed by atoms with Crippen molar-refractivity contribution in [2.75, 3.05) is 11.8 Å². The zero-order valence-corrected chi connectivity index (χ0v) is 13.9. The molecule has 0 saturated heterocycles. The zero-order chi connectivity index (χ0) is 15.6. The van der Waals surface area contributed by atoms with Gasteiger partial charge < -0.3 is 9.84 Å². The van der Waals surface area contributed by atoms with Crippen molar-refractivity contribution < 1.29 is 23.1 Å². The Morgan fingerprint density at radius 3 is 2.62 bits per heavy atom. The zero-order valence-electron chi connectivity index (χ0n) is 10.7. The molecule has 1 aromatic heterocycles. The summed E-state index contributed by atoms with van der Waals surface area (Å²) < 4.78 is 32.4. The minimum atomic E-state index is -3.83. The Kier molecular flexibility index (Phi) is 4.55. The fraction of sp³-hybridized carbons (Fsp3) is 0.0833. The molecule has 1 heterocycles. The summed E-state index contributed by atoms with van der Waals surface area (Å²) in [5, 5.41) is 8.83. The van der Waals surface area contributed by atoms with Crippen molar-refractivity contribution >= 4 is 48.9 Å². The topological polar surface area (TPSA) is 92.7 Å². The molecular formula is C12H10BrNO5S2. The quantitative estimate of drug-likeness (QED) is 0.816. The van der Waals surface area contributed by atoms with Crippen LogP contribution in [0.2, 0.25) is 0 Å². The largest absolute Gasteiger partial charge is 0.495 e. The number of carboxylic acid groups (broad SMARTS) is 1. The summed E-state index contributed by atoms with van der Waals surface area (Å²) in [5.74, 6) is -0.681. The summed E-state index contributed by atoms with van der Waals surface area (Å²) in [6.07, 6.45) is 0. The maximum Gasteiger partial charge on any atom is 0.345 e. The highest BCUT2D eigenvalue weighted by atomic mass is 79.9. The highest BCUT2D eigenvalue weighted by molar-refractivity contribution is 9.10. The third-order valence-electron chi connectivity index (χ3n) is 2.46. The molecule has 0 spiro atoms. The van der Waals surface area contributed by atoms with E-state index in [1.165, 1.54) is 25.3 Å². The van der Waals surface area contributed by atoms with E-state index in [1.807, 2.05) is 0 Å². The first kappa shape index (κ1) is 15.8. The van der Waals surface area contributed by atoms with Crippen LogP contribution in [-0.4, -0.2) is 26.6 Å². The van der Waals surface area contributed by atoms with Gasteiger partial charge in [0.15, 0.2) is 0 Å². The van der Waals surface area contributed by atoms with E-state index in [2.05, 4.69) is 20.7 Å². The second kappa shape index (κ2) is 6.04. The van der Waals surface area contributed by atoms with Crippen LogP contribution >= 0.6 is 27.3 Å². The van der Waals surface area contributed by atoms with Gasteiger partial charge in [-0.25, -0.2) is 13.2 Å². The Hall–Kier alpha value is -1.58. The second-order valence-corrected chi connectivity index (χ2v) is 7.73. The molecule has 1 aromatic carbocycles. The average Bonchev–Trinajstić information content (AvgIpc) is 2.91. The van der Waals surface area contributed by atoms with Crippen LogP contribution in [0.5, 0.6) is 5.75 Å². The number of benzene rings is 1. The van der Waals surface area contributed by atoms with Crippen LogP contribution in [-0.2, 0) is 10.0 Å². The third-order valence-corrected chi connectivity index (χ3v) is 6.06. The van der Waals surface area contributed by atoms with Crippen molar-refractivity contribution in [2.45, 2.75) is 4.21 Å². The number of rotatable bonds is 5. The monoisotopic (exact) mass is 391 g/mol. The molecule has 21 heavy (non-hydrogen) atoms. The van der Waals surface area contributed by atoms with Crippen molar-refractivity contribution in [3.8, 4) is 5.75 Å². The molecule has 0 unspecified atom stereocenters. The lowest BCUT2D eigenvalue weighted by Crippen LogP contribution is -2.11. The normalized spacial score (nSPS) is 11.1. The van der Waals surface area contributed by atoms with Gasteiger partial charge in [0, 0.05) is 6.07 Å². The van der Waals surface area contributed by atoms with E-state index in [0.29, 0.717) is 27.2 Å². The molecule has 0 bridgehead atoms. The molecule has 0 radical (unpaired) electrons. The van der Waals surface area contributed by atoms with Crippen LogP contribution in [0.25, 0.3) is 0 Å².